The normalized spacial score (nSPS) is 38.1. The molecule has 1 nitrogen and oxygen atoms in total. The van der Waals surface area contributed by atoms with E-state index in [9.17, 15) is 4.79 Å². The maximum absolute atomic E-state index is 11.8. The molecular formula is C13H22O. The van der Waals surface area contributed by atoms with Crippen molar-refractivity contribution < 1.29 is 4.79 Å². The van der Waals surface area contributed by atoms with E-state index >= 15 is 0 Å². The summed E-state index contributed by atoms with van der Waals surface area (Å²) in [4.78, 5) is 11.8. The fourth-order valence-corrected chi connectivity index (χ4v) is 3.56. The van der Waals surface area contributed by atoms with Crippen molar-refractivity contribution in [2.45, 2.75) is 58.3 Å². The molecule has 0 aromatic rings. The number of hydrogen-bond acceptors (Lipinski definition) is 1. The largest absolute Gasteiger partial charge is 0.299 e. The minimum absolute atomic E-state index is 0.444. The molecule has 3 atom stereocenters. The van der Waals surface area contributed by atoms with Crippen molar-refractivity contribution in [3.05, 3.63) is 0 Å². The van der Waals surface area contributed by atoms with E-state index in [1.807, 2.05) is 0 Å². The van der Waals surface area contributed by atoms with Crippen LogP contribution in [0.15, 0.2) is 0 Å². The van der Waals surface area contributed by atoms with E-state index in [1.54, 1.807) is 0 Å². The molecule has 0 radical (unpaired) electrons. The highest BCUT2D eigenvalue weighted by molar-refractivity contribution is 5.82. The van der Waals surface area contributed by atoms with Crippen LogP contribution in [0.25, 0.3) is 0 Å². The second-order valence-electron chi connectivity index (χ2n) is 5.11. The molecule has 2 aliphatic rings. The third-order valence-electron chi connectivity index (χ3n) is 4.26. The molecule has 2 fully saturated rings. The molecule has 0 amide bonds. The zero-order valence-electron chi connectivity index (χ0n) is 9.30. The average Bonchev–Trinajstić information content (AvgIpc) is 2.23. The summed E-state index contributed by atoms with van der Waals surface area (Å²) in [5.41, 5.74) is 0. The van der Waals surface area contributed by atoms with Gasteiger partial charge in [0.05, 0.1) is 0 Å². The lowest BCUT2D eigenvalue weighted by Gasteiger charge is -2.40. The molecule has 1 heteroatoms. The van der Waals surface area contributed by atoms with Gasteiger partial charge in [-0.1, -0.05) is 32.6 Å². The first-order valence-corrected chi connectivity index (χ1v) is 6.35. The van der Waals surface area contributed by atoms with Crippen LogP contribution in [0.1, 0.15) is 58.3 Å². The van der Waals surface area contributed by atoms with Gasteiger partial charge in [0.15, 0.2) is 0 Å². The predicted octanol–water partition coefficient (Wildman–Crippen LogP) is 3.57. The fraction of sp³-hybridized carbons (Fsp3) is 0.923. The summed E-state index contributed by atoms with van der Waals surface area (Å²) in [5, 5.41) is 0. The van der Waals surface area contributed by atoms with Crippen molar-refractivity contribution in [3.63, 3.8) is 0 Å². The SMILES string of the molecule is CCC[C@@H]1C(=O)CC[C@@H]2CCCCC21. The van der Waals surface area contributed by atoms with Crippen LogP contribution < -0.4 is 0 Å². The molecule has 2 saturated carbocycles. The highest BCUT2D eigenvalue weighted by Gasteiger charge is 2.38. The number of hydrogen-bond donors (Lipinski definition) is 0. The minimum atomic E-state index is 0.444. The molecule has 0 spiro atoms. The summed E-state index contributed by atoms with van der Waals surface area (Å²) in [7, 11) is 0. The van der Waals surface area contributed by atoms with Crippen LogP contribution in [0.2, 0.25) is 0 Å². The van der Waals surface area contributed by atoms with Crippen LogP contribution in [0.3, 0.4) is 0 Å². The Morgan fingerprint density at radius 3 is 2.79 bits per heavy atom. The van der Waals surface area contributed by atoms with Gasteiger partial charge in [0.1, 0.15) is 5.78 Å². The molecule has 0 aromatic heterocycles. The van der Waals surface area contributed by atoms with Crippen LogP contribution in [-0.2, 0) is 4.79 Å². The Kier molecular flexibility index (Phi) is 3.25. The molecule has 14 heavy (non-hydrogen) atoms. The Labute approximate surface area is 87.3 Å². The first-order valence-electron chi connectivity index (χ1n) is 6.35. The number of carbonyl (C=O) groups is 1. The van der Waals surface area contributed by atoms with Crippen molar-refractivity contribution in [1.82, 2.24) is 0 Å². The zero-order chi connectivity index (χ0) is 9.97. The molecule has 0 aliphatic heterocycles. The molecule has 1 unspecified atom stereocenters. The lowest BCUT2D eigenvalue weighted by molar-refractivity contribution is -0.129. The second-order valence-corrected chi connectivity index (χ2v) is 5.11. The maximum atomic E-state index is 11.8. The minimum Gasteiger partial charge on any atom is -0.299 e. The van der Waals surface area contributed by atoms with Crippen LogP contribution in [0, 0.1) is 17.8 Å². The van der Waals surface area contributed by atoms with Crippen molar-refractivity contribution in [1.29, 1.82) is 0 Å². The van der Waals surface area contributed by atoms with Gasteiger partial charge < -0.3 is 0 Å². The topological polar surface area (TPSA) is 17.1 Å². The second kappa shape index (κ2) is 4.46. The van der Waals surface area contributed by atoms with Crippen molar-refractivity contribution in [2.24, 2.45) is 17.8 Å². The Morgan fingerprint density at radius 2 is 2.00 bits per heavy atom. The van der Waals surface area contributed by atoms with Gasteiger partial charge in [-0.3, -0.25) is 4.79 Å². The molecule has 0 bridgehead atoms. The van der Waals surface area contributed by atoms with Gasteiger partial charge in [-0.05, 0) is 31.1 Å². The Hall–Kier alpha value is -0.330. The summed E-state index contributed by atoms with van der Waals surface area (Å²) in [5.74, 6) is 2.69. The molecule has 0 N–H and O–H groups in total. The quantitative estimate of drug-likeness (QED) is 0.656. The third-order valence-corrected chi connectivity index (χ3v) is 4.26. The van der Waals surface area contributed by atoms with Gasteiger partial charge in [-0.2, -0.15) is 0 Å². The van der Waals surface area contributed by atoms with Gasteiger partial charge in [0.25, 0.3) is 0 Å². The van der Waals surface area contributed by atoms with Gasteiger partial charge in [0, 0.05) is 12.3 Å². The molecule has 80 valence electrons. The summed E-state index contributed by atoms with van der Waals surface area (Å²) < 4.78 is 0. The number of ketones is 1. The molecule has 2 rings (SSSR count). The summed E-state index contributed by atoms with van der Waals surface area (Å²) in [6.07, 6.45) is 9.93. The van der Waals surface area contributed by atoms with Crippen molar-refractivity contribution >= 4 is 5.78 Å². The Bertz CT molecular complexity index is 209. The number of carbonyl (C=O) groups excluding carboxylic acids is 1. The van der Waals surface area contributed by atoms with Crippen LogP contribution in [0.4, 0.5) is 0 Å². The van der Waals surface area contributed by atoms with Crippen molar-refractivity contribution in [2.75, 3.05) is 0 Å². The van der Waals surface area contributed by atoms with E-state index in [-0.39, 0.29) is 0 Å². The summed E-state index contributed by atoms with van der Waals surface area (Å²) in [6, 6.07) is 0. The molecular weight excluding hydrogens is 172 g/mol. The maximum Gasteiger partial charge on any atom is 0.136 e. The van der Waals surface area contributed by atoms with Gasteiger partial charge >= 0.3 is 0 Å². The van der Waals surface area contributed by atoms with E-state index in [0.29, 0.717) is 11.7 Å². The monoisotopic (exact) mass is 194 g/mol. The zero-order valence-corrected chi connectivity index (χ0v) is 9.30. The van der Waals surface area contributed by atoms with Crippen LogP contribution >= 0.6 is 0 Å². The van der Waals surface area contributed by atoms with Crippen molar-refractivity contribution in [3.8, 4) is 0 Å². The molecule has 0 aromatic carbocycles. The molecule has 0 heterocycles. The molecule has 0 saturated heterocycles. The van der Waals surface area contributed by atoms with Gasteiger partial charge in [0.2, 0.25) is 0 Å². The van der Waals surface area contributed by atoms with E-state index in [2.05, 4.69) is 6.92 Å². The van der Waals surface area contributed by atoms with Gasteiger partial charge in [-0.15, -0.1) is 0 Å². The smallest absolute Gasteiger partial charge is 0.136 e. The standard InChI is InChI=1S/C13H22O/c1-2-5-12-11-7-4-3-6-10(11)8-9-13(12)14/h10-12H,2-9H2,1H3/t10-,11?,12-/m0/s1. The van der Waals surface area contributed by atoms with Crippen LogP contribution in [0.5, 0.6) is 0 Å². The average molecular weight is 194 g/mol. The number of Topliss-reactive ketones (excluding diaryl/α,β-unsaturated/α-hetero) is 1. The fourth-order valence-electron chi connectivity index (χ4n) is 3.56. The first-order chi connectivity index (χ1) is 6.83. The third kappa shape index (κ3) is 1.87. The van der Waals surface area contributed by atoms with E-state index in [0.717, 1.165) is 24.7 Å². The Morgan fingerprint density at radius 1 is 1.21 bits per heavy atom. The van der Waals surface area contributed by atoms with E-state index in [4.69, 9.17) is 0 Å². The highest BCUT2D eigenvalue weighted by Crippen LogP contribution is 2.43. The van der Waals surface area contributed by atoms with Crippen LogP contribution in [-0.4, -0.2) is 5.78 Å². The lowest BCUT2D eigenvalue weighted by atomic mass is 9.64. The number of fused-ring (bicyclic) bond motifs is 1. The Balaban J connectivity index is 2.05. The lowest BCUT2D eigenvalue weighted by Crippen LogP contribution is -2.36. The number of rotatable bonds is 2. The first kappa shape index (κ1) is 10.2. The molecule has 2 aliphatic carbocycles. The predicted molar refractivity (Wildman–Crippen MR) is 58.1 cm³/mol. The van der Waals surface area contributed by atoms with E-state index in [1.165, 1.54) is 38.5 Å². The highest BCUT2D eigenvalue weighted by atomic mass is 16.1. The summed E-state index contributed by atoms with van der Waals surface area (Å²) >= 11 is 0. The van der Waals surface area contributed by atoms with Gasteiger partial charge in [-0.25, -0.2) is 0 Å². The summed E-state index contributed by atoms with van der Waals surface area (Å²) in [6.45, 7) is 2.21. The van der Waals surface area contributed by atoms with E-state index < -0.39 is 0 Å².